The van der Waals surface area contributed by atoms with Gasteiger partial charge in [-0.25, -0.2) is 0 Å². The first-order valence-electron chi connectivity index (χ1n) is 6.12. The zero-order valence-corrected chi connectivity index (χ0v) is 10.6. The molecule has 0 rings (SSSR count). The van der Waals surface area contributed by atoms with Crippen molar-refractivity contribution in [3.8, 4) is 0 Å². The lowest BCUT2D eigenvalue weighted by Gasteiger charge is -2.28. The van der Waals surface area contributed by atoms with E-state index < -0.39 is 6.10 Å². The van der Waals surface area contributed by atoms with E-state index in [1.807, 2.05) is 0 Å². The Morgan fingerprint density at radius 2 is 1.67 bits per heavy atom. The summed E-state index contributed by atoms with van der Waals surface area (Å²) < 4.78 is 5.87. The molecule has 0 fully saturated rings. The summed E-state index contributed by atoms with van der Waals surface area (Å²) >= 11 is 0. The average molecular weight is 217 g/mol. The van der Waals surface area contributed by atoms with Gasteiger partial charge in [-0.15, -0.1) is 0 Å². The molecule has 15 heavy (non-hydrogen) atoms. The van der Waals surface area contributed by atoms with Crippen molar-refractivity contribution in [2.45, 2.75) is 77.7 Å². The molecule has 0 amide bonds. The summed E-state index contributed by atoms with van der Waals surface area (Å²) in [6.45, 7) is 8.04. The molecule has 4 atom stereocenters. The third-order valence-electron chi connectivity index (χ3n) is 2.66. The molecule has 0 aromatic carbocycles. The number of nitrogens with two attached hydrogens (primary N) is 1. The van der Waals surface area contributed by atoms with Gasteiger partial charge in [0.05, 0.1) is 24.4 Å². The predicted octanol–water partition coefficient (Wildman–Crippen LogP) is 2.07. The van der Waals surface area contributed by atoms with Gasteiger partial charge in [-0.05, 0) is 26.7 Å². The van der Waals surface area contributed by atoms with E-state index in [9.17, 15) is 5.11 Å². The Hall–Kier alpha value is -0.120. The Morgan fingerprint density at radius 1 is 1.13 bits per heavy atom. The number of hydrogen-bond donors (Lipinski definition) is 2. The van der Waals surface area contributed by atoms with E-state index in [1.165, 1.54) is 0 Å². The monoisotopic (exact) mass is 217 g/mol. The maximum absolute atomic E-state index is 9.46. The van der Waals surface area contributed by atoms with Gasteiger partial charge in [-0.1, -0.05) is 26.7 Å². The number of aliphatic hydroxyl groups is 1. The van der Waals surface area contributed by atoms with Crippen LogP contribution in [0.3, 0.4) is 0 Å². The fraction of sp³-hybridized carbons (Fsp3) is 1.00. The van der Waals surface area contributed by atoms with Gasteiger partial charge in [0.2, 0.25) is 0 Å². The SMILES string of the molecule is CCCC(C)OC(CCC)C(N)C(C)O. The second-order valence-corrected chi connectivity index (χ2v) is 4.38. The van der Waals surface area contributed by atoms with E-state index >= 15 is 0 Å². The number of rotatable bonds is 8. The van der Waals surface area contributed by atoms with Crippen LogP contribution in [0.1, 0.15) is 53.4 Å². The zero-order chi connectivity index (χ0) is 11.8. The van der Waals surface area contributed by atoms with Gasteiger partial charge in [0.15, 0.2) is 0 Å². The Balaban J connectivity index is 4.13. The zero-order valence-electron chi connectivity index (χ0n) is 10.6. The summed E-state index contributed by atoms with van der Waals surface area (Å²) in [5.41, 5.74) is 5.92. The molecule has 0 aromatic rings. The summed E-state index contributed by atoms with van der Waals surface area (Å²) in [5, 5.41) is 9.46. The minimum atomic E-state index is -0.504. The van der Waals surface area contributed by atoms with Crippen LogP contribution < -0.4 is 5.73 Å². The van der Waals surface area contributed by atoms with Crippen molar-refractivity contribution in [1.82, 2.24) is 0 Å². The molecule has 0 saturated heterocycles. The standard InChI is InChI=1S/C12H27NO2/c1-5-7-9(3)15-11(8-6-2)12(13)10(4)14/h9-12,14H,5-8,13H2,1-4H3. The quantitative estimate of drug-likeness (QED) is 0.654. The summed E-state index contributed by atoms with van der Waals surface area (Å²) in [6, 6.07) is -0.274. The summed E-state index contributed by atoms with van der Waals surface area (Å²) in [7, 11) is 0. The Labute approximate surface area is 94.0 Å². The first-order chi connectivity index (χ1) is 7.02. The molecule has 3 nitrogen and oxygen atoms in total. The van der Waals surface area contributed by atoms with E-state index in [2.05, 4.69) is 20.8 Å². The van der Waals surface area contributed by atoms with Crippen molar-refractivity contribution >= 4 is 0 Å². The number of hydrogen-bond acceptors (Lipinski definition) is 3. The van der Waals surface area contributed by atoms with Gasteiger partial charge in [0.25, 0.3) is 0 Å². The van der Waals surface area contributed by atoms with Crippen LogP contribution in [0.25, 0.3) is 0 Å². The van der Waals surface area contributed by atoms with E-state index in [0.717, 1.165) is 25.7 Å². The van der Waals surface area contributed by atoms with Crippen molar-refractivity contribution in [2.24, 2.45) is 5.73 Å². The van der Waals surface area contributed by atoms with Crippen LogP contribution in [-0.2, 0) is 4.74 Å². The second-order valence-electron chi connectivity index (χ2n) is 4.38. The van der Waals surface area contributed by atoms with Crippen LogP contribution in [0.4, 0.5) is 0 Å². The lowest BCUT2D eigenvalue weighted by molar-refractivity contribution is -0.0454. The Kier molecular flexibility index (Phi) is 8.02. The second kappa shape index (κ2) is 8.08. The van der Waals surface area contributed by atoms with Crippen LogP contribution in [0.2, 0.25) is 0 Å². The van der Waals surface area contributed by atoms with E-state index in [0.29, 0.717) is 0 Å². The van der Waals surface area contributed by atoms with Gasteiger partial charge in [-0.3, -0.25) is 0 Å². The molecule has 4 unspecified atom stereocenters. The van der Waals surface area contributed by atoms with Crippen molar-refractivity contribution in [1.29, 1.82) is 0 Å². The Bertz CT molecular complexity index is 151. The number of aliphatic hydroxyl groups excluding tert-OH is 1. The summed E-state index contributed by atoms with van der Waals surface area (Å²) in [6.07, 6.45) is 3.82. The molecular weight excluding hydrogens is 190 g/mol. The van der Waals surface area contributed by atoms with Crippen molar-refractivity contribution in [3.05, 3.63) is 0 Å². The molecule has 0 aliphatic heterocycles. The van der Waals surface area contributed by atoms with Gasteiger partial charge in [0.1, 0.15) is 0 Å². The number of ether oxygens (including phenoxy) is 1. The topological polar surface area (TPSA) is 55.5 Å². The van der Waals surface area contributed by atoms with Gasteiger partial charge < -0.3 is 15.6 Å². The third kappa shape index (κ3) is 6.13. The molecular formula is C12H27NO2. The molecule has 0 radical (unpaired) electrons. The van der Waals surface area contributed by atoms with Gasteiger partial charge in [0, 0.05) is 0 Å². The van der Waals surface area contributed by atoms with Crippen LogP contribution >= 0.6 is 0 Å². The largest absolute Gasteiger partial charge is 0.392 e. The van der Waals surface area contributed by atoms with Crippen molar-refractivity contribution in [2.75, 3.05) is 0 Å². The molecule has 0 saturated carbocycles. The van der Waals surface area contributed by atoms with Gasteiger partial charge in [-0.2, -0.15) is 0 Å². The molecule has 0 aromatic heterocycles. The first-order valence-corrected chi connectivity index (χ1v) is 6.12. The third-order valence-corrected chi connectivity index (χ3v) is 2.66. The first kappa shape index (κ1) is 14.9. The molecule has 0 aliphatic rings. The smallest absolute Gasteiger partial charge is 0.0754 e. The van der Waals surface area contributed by atoms with Gasteiger partial charge >= 0.3 is 0 Å². The van der Waals surface area contributed by atoms with Crippen molar-refractivity contribution < 1.29 is 9.84 Å². The maximum atomic E-state index is 9.46. The molecule has 92 valence electrons. The molecule has 3 heteroatoms. The normalized spacial score (nSPS) is 19.6. The highest BCUT2D eigenvalue weighted by Gasteiger charge is 2.23. The Morgan fingerprint density at radius 3 is 2.07 bits per heavy atom. The minimum absolute atomic E-state index is 0.0171. The van der Waals surface area contributed by atoms with Crippen LogP contribution in [0, 0.1) is 0 Å². The highest BCUT2D eigenvalue weighted by molar-refractivity contribution is 4.78. The van der Waals surface area contributed by atoms with Crippen LogP contribution in [0.15, 0.2) is 0 Å². The van der Waals surface area contributed by atoms with Crippen LogP contribution in [0.5, 0.6) is 0 Å². The predicted molar refractivity (Wildman–Crippen MR) is 63.8 cm³/mol. The lowest BCUT2D eigenvalue weighted by atomic mass is 10.0. The molecule has 0 heterocycles. The molecule has 0 spiro atoms. The highest BCUT2D eigenvalue weighted by atomic mass is 16.5. The van der Waals surface area contributed by atoms with E-state index in [4.69, 9.17) is 10.5 Å². The fourth-order valence-electron chi connectivity index (χ4n) is 1.72. The lowest BCUT2D eigenvalue weighted by Crippen LogP contribution is -2.45. The van der Waals surface area contributed by atoms with E-state index in [-0.39, 0.29) is 18.2 Å². The molecule has 3 N–H and O–H groups in total. The fourth-order valence-corrected chi connectivity index (χ4v) is 1.72. The highest BCUT2D eigenvalue weighted by Crippen LogP contribution is 2.14. The summed E-state index contributed by atoms with van der Waals surface area (Å²) in [5.74, 6) is 0. The maximum Gasteiger partial charge on any atom is 0.0754 e. The average Bonchev–Trinajstić information content (AvgIpc) is 2.16. The van der Waals surface area contributed by atoms with Crippen molar-refractivity contribution in [3.63, 3.8) is 0 Å². The van der Waals surface area contributed by atoms with Crippen LogP contribution in [-0.4, -0.2) is 29.5 Å². The summed E-state index contributed by atoms with van der Waals surface area (Å²) in [4.78, 5) is 0. The molecule has 0 aliphatic carbocycles. The minimum Gasteiger partial charge on any atom is -0.392 e. The molecule has 0 bridgehead atoms. The van der Waals surface area contributed by atoms with E-state index in [1.54, 1.807) is 6.92 Å².